The molecule has 1 saturated heterocycles. The van der Waals surface area contributed by atoms with E-state index in [4.69, 9.17) is 4.74 Å². The van der Waals surface area contributed by atoms with Gasteiger partial charge in [0.05, 0.1) is 18.5 Å². The van der Waals surface area contributed by atoms with E-state index in [-0.39, 0.29) is 23.0 Å². The summed E-state index contributed by atoms with van der Waals surface area (Å²) in [6.45, 7) is 1.04. The van der Waals surface area contributed by atoms with Crippen molar-refractivity contribution in [1.29, 1.82) is 0 Å². The molecule has 3 aromatic rings. The number of fused-ring (bicyclic) bond motifs is 1. The molecule has 0 spiro atoms. The van der Waals surface area contributed by atoms with Gasteiger partial charge in [-0.05, 0) is 49.2 Å². The highest BCUT2D eigenvalue weighted by atomic mass is 19.1. The molecular formula is C20H19FN4O3. The zero-order valence-electron chi connectivity index (χ0n) is 15.3. The second-order valence-corrected chi connectivity index (χ2v) is 6.75. The number of halogens is 1. The molecule has 144 valence electrons. The molecule has 0 N–H and O–H groups in total. The Morgan fingerprint density at radius 1 is 1.14 bits per heavy atom. The van der Waals surface area contributed by atoms with Gasteiger partial charge in [-0.15, -0.1) is 5.10 Å². The Morgan fingerprint density at radius 2 is 1.86 bits per heavy atom. The minimum Gasteiger partial charge on any atom is -0.497 e. The second kappa shape index (κ2) is 7.38. The van der Waals surface area contributed by atoms with Gasteiger partial charge in [0.1, 0.15) is 17.1 Å². The molecule has 1 fully saturated rings. The maximum atomic E-state index is 13.3. The van der Waals surface area contributed by atoms with Crippen molar-refractivity contribution in [3.63, 3.8) is 0 Å². The molecule has 0 aliphatic carbocycles. The molecule has 0 bridgehead atoms. The number of benzene rings is 2. The number of likely N-dealkylation sites (tertiary alicyclic amines) is 1. The van der Waals surface area contributed by atoms with Crippen molar-refractivity contribution < 1.29 is 13.9 Å². The van der Waals surface area contributed by atoms with E-state index in [1.165, 1.54) is 22.9 Å². The van der Waals surface area contributed by atoms with Crippen LogP contribution in [-0.2, 0) is 0 Å². The van der Waals surface area contributed by atoms with Crippen molar-refractivity contribution in [2.45, 2.75) is 18.9 Å². The van der Waals surface area contributed by atoms with Crippen LogP contribution in [0.2, 0.25) is 0 Å². The third kappa shape index (κ3) is 3.33. The van der Waals surface area contributed by atoms with Gasteiger partial charge in [0.25, 0.3) is 11.5 Å². The van der Waals surface area contributed by atoms with Gasteiger partial charge in [0, 0.05) is 24.7 Å². The molecule has 1 aliphatic rings. The van der Waals surface area contributed by atoms with Crippen LogP contribution in [0.25, 0.3) is 10.9 Å². The number of nitrogens with zero attached hydrogens (tertiary/aromatic N) is 4. The lowest BCUT2D eigenvalue weighted by Gasteiger charge is -2.32. The molecule has 28 heavy (non-hydrogen) atoms. The van der Waals surface area contributed by atoms with Gasteiger partial charge in [-0.1, -0.05) is 5.21 Å². The van der Waals surface area contributed by atoms with Crippen molar-refractivity contribution in [3.8, 4) is 5.75 Å². The lowest BCUT2D eigenvalue weighted by molar-refractivity contribution is 0.0687. The Morgan fingerprint density at radius 3 is 2.54 bits per heavy atom. The zero-order chi connectivity index (χ0) is 19.7. The van der Waals surface area contributed by atoms with Crippen LogP contribution >= 0.6 is 0 Å². The topological polar surface area (TPSA) is 77.3 Å². The van der Waals surface area contributed by atoms with E-state index in [1.54, 1.807) is 36.3 Å². The summed E-state index contributed by atoms with van der Waals surface area (Å²) in [5.41, 5.74) is 0.558. The molecule has 7 nitrogen and oxygen atoms in total. The number of aromatic nitrogens is 3. The Bertz CT molecular complexity index is 1070. The van der Waals surface area contributed by atoms with E-state index in [0.717, 1.165) is 0 Å². The Labute approximate surface area is 160 Å². The quantitative estimate of drug-likeness (QED) is 0.695. The van der Waals surface area contributed by atoms with Crippen molar-refractivity contribution in [1.82, 2.24) is 19.9 Å². The maximum Gasteiger partial charge on any atom is 0.277 e. The molecule has 0 saturated carbocycles. The molecule has 1 aliphatic heterocycles. The predicted molar refractivity (Wildman–Crippen MR) is 101 cm³/mol. The summed E-state index contributed by atoms with van der Waals surface area (Å²) in [5.74, 6) is 0.196. The summed E-state index contributed by atoms with van der Waals surface area (Å²) in [5, 5.41) is 8.31. The largest absolute Gasteiger partial charge is 0.497 e. The van der Waals surface area contributed by atoms with E-state index >= 15 is 0 Å². The number of rotatable bonds is 3. The average Bonchev–Trinajstić information content (AvgIpc) is 2.73. The first-order valence-corrected chi connectivity index (χ1v) is 9.05. The summed E-state index contributed by atoms with van der Waals surface area (Å²) in [7, 11) is 1.58. The van der Waals surface area contributed by atoms with Crippen LogP contribution in [0.1, 0.15) is 29.2 Å². The fourth-order valence-corrected chi connectivity index (χ4v) is 3.50. The first kappa shape index (κ1) is 18.1. The van der Waals surface area contributed by atoms with Gasteiger partial charge in [0.2, 0.25) is 0 Å². The minimum absolute atomic E-state index is 0.0477. The third-order valence-corrected chi connectivity index (χ3v) is 5.08. The number of piperidine rings is 1. The molecule has 2 heterocycles. The molecule has 8 heteroatoms. The van der Waals surface area contributed by atoms with Crippen molar-refractivity contribution in [3.05, 3.63) is 64.2 Å². The van der Waals surface area contributed by atoms with Gasteiger partial charge in [0.15, 0.2) is 0 Å². The number of amides is 1. The number of methoxy groups -OCH3 is 1. The standard InChI is InChI=1S/C20H19FN4O3/c1-28-16-5-2-13(3-6-16)19(26)24-10-8-15(9-11-24)25-20(27)17-7-4-14(21)12-18(17)22-23-25/h2-7,12,15H,8-11H2,1H3. The highest BCUT2D eigenvalue weighted by molar-refractivity contribution is 5.94. The SMILES string of the molecule is COc1ccc(C(=O)N2CCC(n3nnc4cc(F)ccc4c3=O)CC2)cc1. The number of hydrogen-bond acceptors (Lipinski definition) is 5. The van der Waals surface area contributed by atoms with Gasteiger partial charge in [-0.2, -0.15) is 0 Å². The Hall–Kier alpha value is -3.29. The highest BCUT2D eigenvalue weighted by Crippen LogP contribution is 2.23. The summed E-state index contributed by atoms with van der Waals surface area (Å²) in [6.07, 6.45) is 1.20. The van der Waals surface area contributed by atoms with Gasteiger partial charge in [-0.25, -0.2) is 9.07 Å². The van der Waals surface area contributed by atoms with Crippen LogP contribution < -0.4 is 10.3 Å². The fraction of sp³-hybridized carbons (Fsp3) is 0.300. The molecule has 1 aromatic heterocycles. The number of carbonyl (C=O) groups is 1. The first-order chi connectivity index (χ1) is 13.6. The Balaban J connectivity index is 1.48. The normalized spacial score (nSPS) is 15.0. The monoisotopic (exact) mass is 382 g/mol. The lowest BCUT2D eigenvalue weighted by atomic mass is 10.0. The maximum absolute atomic E-state index is 13.3. The average molecular weight is 382 g/mol. The molecule has 1 amide bonds. The van der Waals surface area contributed by atoms with Crippen molar-refractivity contribution in [2.24, 2.45) is 0 Å². The van der Waals surface area contributed by atoms with Crippen molar-refractivity contribution >= 4 is 16.8 Å². The third-order valence-electron chi connectivity index (χ3n) is 5.08. The van der Waals surface area contributed by atoms with Crippen LogP contribution in [0.15, 0.2) is 47.3 Å². The smallest absolute Gasteiger partial charge is 0.277 e. The molecule has 0 radical (unpaired) electrons. The van der Waals surface area contributed by atoms with Gasteiger partial charge in [-0.3, -0.25) is 9.59 Å². The summed E-state index contributed by atoms with van der Waals surface area (Å²) in [6, 6.07) is 10.7. The van der Waals surface area contributed by atoms with Crippen LogP contribution in [-0.4, -0.2) is 46.0 Å². The van der Waals surface area contributed by atoms with Crippen molar-refractivity contribution in [2.75, 3.05) is 20.2 Å². The minimum atomic E-state index is -0.454. The predicted octanol–water partition coefficient (Wildman–Crippen LogP) is 2.42. The number of hydrogen-bond donors (Lipinski definition) is 0. The van der Waals surface area contributed by atoms with E-state index in [1.807, 2.05) is 0 Å². The molecule has 4 rings (SSSR count). The van der Waals surface area contributed by atoms with E-state index in [9.17, 15) is 14.0 Å². The van der Waals surface area contributed by atoms with Gasteiger partial charge < -0.3 is 9.64 Å². The highest BCUT2D eigenvalue weighted by Gasteiger charge is 2.26. The summed E-state index contributed by atoms with van der Waals surface area (Å²) < 4.78 is 19.8. The van der Waals surface area contributed by atoms with E-state index in [0.29, 0.717) is 42.6 Å². The fourth-order valence-electron chi connectivity index (χ4n) is 3.50. The molecule has 2 aromatic carbocycles. The molecular weight excluding hydrogens is 363 g/mol. The van der Waals surface area contributed by atoms with Crippen LogP contribution in [0.3, 0.4) is 0 Å². The number of ether oxygens (including phenoxy) is 1. The lowest BCUT2D eigenvalue weighted by Crippen LogP contribution is -2.41. The van der Waals surface area contributed by atoms with E-state index in [2.05, 4.69) is 10.3 Å². The van der Waals surface area contributed by atoms with Crippen LogP contribution in [0.4, 0.5) is 4.39 Å². The van der Waals surface area contributed by atoms with Crippen LogP contribution in [0.5, 0.6) is 5.75 Å². The van der Waals surface area contributed by atoms with Gasteiger partial charge >= 0.3 is 0 Å². The molecule has 0 unspecified atom stereocenters. The van der Waals surface area contributed by atoms with E-state index < -0.39 is 5.82 Å². The summed E-state index contributed by atoms with van der Waals surface area (Å²) in [4.78, 5) is 27.1. The Kier molecular flexibility index (Phi) is 4.77. The number of carbonyl (C=O) groups excluding carboxylic acids is 1. The van der Waals surface area contributed by atoms with Crippen LogP contribution in [0, 0.1) is 5.82 Å². The zero-order valence-corrected chi connectivity index (χ0v) is 15.3. The molecule has 0 atom stereocenters. The first-order valence-electron chi connectivity index (χ1n) is 9.05. The summed E-state index contributed by atoms with van der Waals surface area (Å²) >= 11 is 0. The second-order valence-electron chi connectivity index (χ2n) is 6.75.